The van der Waals surface area contributed by atoms with Gasteiger partial charge in [-0.1, -0.05) is 0 Å². The predicted octanol–water partition coefficient (Wildman–Crippen LogP) is 1.46. The minimum absolute atomic E-state index is 0.237. The highest BCUT2D eigenvalue weighted by molar-refractivity contribution is 9.10. The van der Waals surface area contributed by atoms with Gasteiger partial charge in [-0.05, 0) is 29.8 Å². The van der Waals surface area contributed by atoms with Gasteiger partial charge in [0, 0.05) is 12.6 Å². The van der Waals surface area contributed by atoms with Crippen molar-refractivity contribution >= 4 is 21.8 Å². The fourth-order valence-electron chi connectivity index (χ4n) is 1.01. The SMILES string of the molecule is Cc1oc(Br)cc1C(=O)NCC(C)O. The van der Waals surface area contributed by atoms with Crippen LogP contribution >= 0.6 is 15.9 Å². The lowest BCUT2D eigenvalue weighted by atomic mass is 10.2. The molecule has 0 aliphatic heterocycles. The Kier molecular flexibility index (Phi) is 3.71. The highest BCUT2D eigenvalue weighted by Crippen LogP contribution is 2.19. The summed E-state index contributed by atoms with van der Waals surface area (Å²) in [6.45, 7) is 3.56. The summed E-state index contributed by atoms with van der Waals surface area (Å²) in [5, 5.41) is 11.6. The number of halogens is 1. The van der Waals surface area contributed by atoms with Crippen molar-refractivity contribution in [3.8, 4) is 0 Å². The molecule has 1 aromatic rings. The highest BCUT2D eigenvalue weighted by atomic mass is 79.9. The maximum absolute atomic E-state index is 11.5. The lowest BCUT2D eigenvalue weighted by Crippen LogP contribution is -2.30. The zero-order valence-electron chi connectivity index (χ0n) is 8.00. The third kappa shape index (κ3) is 2.85. The van der Waals surface area contributed by atoms with Gasteiger partial charge in [-0.25, -0.2) is 0 Å². The second kappa shape index (κ2) is 4.61. The van der Waals surface area contributed by atoms with Crippen LogP contribution < -0.4 is 5.32 Å². The van der Waals surface area contributed by atoms with Crippen LogP contribution in [0.15, 0.2) is 15.2 Å². The number of carbonyl (C=O) groups is 1. The third-order valence-corrected chi connectivity index (χ3v) is 2.08. The van der Waals surface area contributed by atoms with Gasteiger partial charge in [-0.3, -0.25) is 4.79 Å². The molecule has 1 atom stereocenters. The van der Waals surface area contributed by atoms with Crippen LogP contribution in [0.3, 0.4) is 0 Å². The van der Waals surface area contributed by atoms with Crippen molar-refractivity contribution in [2.24, 2.45) is 0 Å². The van der Waals surface area contributed by atoms with Gasteiger partial charge in [0.05, 0.1) is 11.7 Å². The average Bonchev–Trinajstić information content (AvgIpc) is 2.41. The van der Waals surface area contributed by atoms with E-state index in [0.717, 1.165) is 0 Å². The Balaban J connectivity index is 2.65. The molecular formula is C9H12BrNO3. The largest absolute Gasteiger partial charge is 0.454 e. The van der Waals surface area contributed by atoms with E-state index in [9.17, 15) is 4.79 Å². The van der Waals surface area contributed by atoms with Crippen LogP contribution in [0.4, 0.5) is 0 Å². The molecule has 5 heteroatoms. The van der Waals surface area contributed by atoms with Gasteiger partial charge >= 0.3 is 0 Å². The van der Waals surface area contributed by atoms with Crippen LogP contribution in [0.1, 0.15) is 23.0 Å². The van der Waals surface area contributed by atoms with Crippen molar-refractivity contribution in [3.05, 3.63) is 22.1 Å². The number of hydrogen-bond donors (Lipinski definition) is 2. The molecule has 0 bridgehead atoms. The topological polar surface area (TPSA) is 62.5 Å². The summed E-state index contributed by atoms with van der Waals surface area (Å²) in [6.07, 6.45) is -0.547. The summed E-state index contributed by atoms with van der Waals surface area (Å²) in [7, 11) is 0. The lowest BCUT2D eigenvalue weighted by Gasteiger charge is -2.05. The third-order valence-electron chi connectivity index (χ3n) is 1.69. The van der Waals surface area contributed by atoms with Gasteiger partial charge in [-0.15, -0.1) is 0 Å². The lowest BCUT2D eigenvalue weighted by molar-refractivity contribution is 0.0922. The van der Waals surface area contributed by atoms with Crippen LogP contribution in [0.5, 0.6) is 0 Å². The molecule has 4 nitrogen and oxygen atoms in total. The first-order chi connectivity index (χ1) is 6.50. The first kappa shape index (κ1) is 11.3. The Bertz CT molecular complexity index is 333. The Morgan fingerprint density at radius 3 is 2.86 bits per heavy atom. The maximum Gasteiger partial charge on any atom is 0.254 e. The summed E-state index contributed by atoms with van der Waals surface area (Å²) in [4.78, 5) is 11.5. The first-order valence-corrected chi connectivity index (χ1v) is 5.02. The van der Waals surface area contributed by atoms with Gasteiger partial charge in [0.2, 0.25) is 0 Å². The van der Waals surface area contributed by atoms with E-state index in [1.54, 1.807) is 19.9 Å². The molecule has 1 amide bonds. The Labute approximate surface area is 90.4 Å². The molecule has 1 aromatic heterocycles. The van der Waals surface area contributed by atoms with Gasteiger partial charge in [0.25, 0.3) is 5.91 Å². The van der Waals surface area contributed by atoms with Crippen molar-refractivity contribution in [2.75, 3.05) is 6.54 Å². The number of aliphatic hydroxyl groups is 1. The van der Waals surface area contributed by atoms with E-state index < -0.39 is 6.10 Å². The molecule has 1 unspecified atom stereocenters. The van der Waals surface area contributed by atoms with Crippen LogP contribution in [-0.2, 0) is 0 Å². The van der Waals surface area contributed by atoms with Crippen molar-refractivity contribution < 1.29 is 14.3 Å². The molecule has 0 fully saturated rings. The van der Waals surface area contributed by atoms with Crippen LogP contribution in [0, 0.1) is 6.92 Å². The van der Waals surface area contributed by atoms with Crippen LogP contribution in [0.2, 0.25) is 0 Å². The molecule has 1 heterocycles. The number of amides is 1. The second-order valence-corrected chi connectivity index (χ2v) is 3.86. The summed E-state index contributed by atoms with van der Waals surface area (Å²) >= 11 is 3.14. The molecule has 0 saturated carbocycles. The smallest absolute Gasteiger partial charge is 0.254 e. The summed E-state index contributed by atoms with van der Waals surface area (Å²) < 4.78 is 5.66. The van der Waals surface area contributed by atoms with Crippen molar-refractivity contribution in [1.29, 1.82) is 0 Å². The quantitative estimate of drug-likeness (QED) is 0.866. The molecule has 1 rings (SSSR count). The Hall–Kier alpha value is -0.810. The van der Waals surface area contributed by atoms with Gasteiger partial charge < -0.3 is 14.8 Å². The van der Waals surface area contributed by atoms with Crippen molar-refractivity contribution in [1.82, 2.24) is 5.32 Å². The molecule has 2 N–H and O–H groups in total. The van der Waals surface area contributed by atoms with Crippen molar-refractivity contribution in [3.63, 3.8) is 0 Å². The maximum atomic E-state index is 11.5. The fourth-order valence-corrected chi connectivity index (χ4v) is 1.48. The van der Waals surface area contributed by atoms with Crippen molar-refractivity contribution in [2.45, 2.75) is 20.0 Å². The van der Waals surface area contributed by atoms with Crippen LogP contribution in [-0.4, -0.2) is 23.7 Å². The number of aryl methyl sites for hydroxylation is 1. The molecule has 0 aliphatic rings. The van der Waals surface area contributed by atoms with E-state index in [2.05, 4.69) is 21.2 Å². The average molecular weight is 262 g/mol. The zero-order chi connectivity index (χ0) is 10.7. The number of aliphatic hydroxyl groups excluding tert-OH is 1. The molecule has 78 valence electrons. The molecule has 0 spiro atoms. The number of hydrogen-bond acceptors (Lipinski definition) is 3. The zero-order valence-corrected chi connectivity index (χ0v) is 9.59. The van der Waals surface area contributed by atoms with E-state index in [1.807, 2.05) is 0 Å². The summed E-state index contributed by atoms with van der Waals surface area (Å²) in [6, 6.07) is 1.60. The fraction of sp³-hybridized carbons (Fsp3) is 0.444. The standard InChI is InChI=1S/C9H12BrNO3/c1-5(12)4-11-9(13)7-3-8(10)14-6(7)2/h3,5,12H,4H2,1-2H3,(H,11,13). The van der Waals surface area contributed by atoms with Gasteiger partial charge in [-0.2, -0.15) is 0 Å². The molecule has 0 aromatic carbocycles. The molecule has 0 radical (unpaired) electrons. The highest BCUT2D eigenvalue weighted by Gasteiger charge is 2.13. The minimum atomic E-state index is -0.547. The summed E-state index contributed by atoms with van der Waals surface area (Å²) in [5.74, 6) is 0.317. The number of nitrogens with one attached hydrogen (secondary N) is 1. The number of rotatable bonds is 3. The number of furan rings is 1. The van der Waals surface area contributed by atoms with Gasteiger partial charge in [0.15, 0.2) is 4.67 Å². The Morgan fingerprint density at radius 1 is 1.79 bits per heavy atom. The number of carbonyl (C=O) groups excluding carboxylic acids is 1. The van der Waals surface area contributed by atoms with E-state index >= 15 is 0 Å². The van der Waals surface area contributed by atoms with Gasteiger partial charge in [0.1, 0.15) is 5.76 Å². The van der Waals surface area contributed by atoms with E-state index in [4.69, 9.17) is 9.52 Å². The summed E-state index contributed by atoms with van der Waals surface area (Å²) in [5.41, 5.74) is 0.484. The van der Waals surface area contributed by atoms with E-state index in [1.165, 1.54) is 0 Å². The monoisotopic (exact) mass is 261 g/mol. The molecule has 14 heavy (non-hydrogen) atoms. The molecule has 0 saturated heterocycles. The minimum Gasteiger partial charge on any atom is -0.454 e. The molecule has 0 aliphatic carbocycles. The Morgan fingerprint density at radius 2 is 2.43 bits per heavy atom. The normalized spacial score (nSPS) is 12.6. The molecular weight excluding hydrogens is 250 g/mol. The predicted molar refractivity (Wildman–Crippen MR) is 55.2 cm³/mol. The van der Waals surface area contributed by atoms with Crippen LogP contribution in [0.25, 0.3) is 0 Å². The van der Waals surface area contributed by atoms with E-state index in [-0.39, 0.29) is 12.5 Å². The second-order valence-electron chi connectivity index (χ2n) is 3.08. The first-order valence-electron chi connectivity index (χ1n) is 4.23. The van der Waals surface area contributed by atoms with E-state index in [0.29, 0.717) is 16.0 Å².